The topological polar surface area (TPSA) is 74.2 Å². The molecule has 0 atom stereocenters. The number of amides is 2. The fourth-order valence-electron chi connectivity index (χ4n) is 1.99. The molecular formula is C18H18FN3O2. The summed E-state index contributed by atoms with van der Waals surface area (Å²) in [6, 6.07) is 14.3. The van der Waals surface area contributed by atoms with Crippen molar-refractivity contribution >= 4 is 11.7 Å². The fourth-order valence-corrected chi connectivity index (χ4v) is 1.99. The summed E-state index contributed by atoms with van der Waals surface area (Å²) in [6.07, 6.45) is 1.52. The minimum absolute atomic E-state index is 0.294. The van der Waals surface area contributed by atoms with Crippen LogP contribution in [-0.2, 0) is 0 Å². The molecular weight excluding hydrogens is 309 g/mol. The summed E-state index contributed by atoms with van der Waals surface area (Å²) in [5.41, 5.74) is 1.07. The molecule has 0 bridgehead atoms. The smallest absolute Gasteiger partial charge is 0.319 e. The Hall–Kier alpha value is -3.07. The molecule has 0 saturated heterocycles. The van der Waals surface area contributed by atoms with Crippen molar-refractivity contribution in [3.8, 4) is 11.8 Å². The Balaban J connectivity index is 1.59. The van der Waals surface area contributed by atoms with Gasteiger partial charge in [0.1, 0.15) is 11.6 Å². The lowest BCUT2D eigenvalue weighted by atomic mass is 10.2. The van der Waals surface area contributed by atoms with Crippen LogP contribution in [0, 0.1) is 17.1 Å². The first-order valence-electron chi connectivity index (χ1n) is 7.61. The van der Waals surface area contributed by atoms with E-state index in [1.54, 1.807) is 36.4 Å². The van der Waals surface area contributed by atoms with Gasteiger partial charge in [0.2, 0.25) is 0 Å². The lowest BCUT2D eigenvalue weighted by Gasteiger charge is -2.08. The molecule has 6 heteroatoms. The minimum atomic E-state index is -0.315. The van der Waals surface area contributed by atoms with E-state index in [0.29, 0.717) is 30.2 Å². The lowest BCUT2D eigenvalue weighted by molar-refractivity contribution is 0.251. The van der Waals surface area contributed by atoms with Crippen LogP contribution in [0.4, 0.5) is 14.9 Å². The molecule has 2 aromatic carbocycles. The highest BCUT2D eigenvalue weighted by atomic mass is 19.1. The maximum Gasteiger partial charge on any atom is 0.319 e. The Labute approximate surface area is 140 Å². The molecule has 0 radical (unpaired) electrons. The number of carbonyl (C=O) groups is 1. The van der Waals surface area contributed by atoms with Gasteiger partial charge in [-0.1, -0.05) is 6.07 Å². The molecule has 0 saturated carbocycles. The van der Waals surface area contributed by atoms with E-state index >= 15 is 0 Å². The predicted molar refractivity (Wildman–Crippen MR) is 89.3 cm³/mol. The molecule has 0 aliphatic rings. The van der Waals surface area contributed by atoms with Crippen LogP contribution < -0.4 is 15.4 Å². The highest BCUT2D eigenvalue weighted by Crippen LogP contribution is 2.11. The third-order valence-corrected chi connectivity index (χ3v) is 3.19. The van der Waals surface area contributed by atoms with Crippen LogP contribution in [0.3, 0.4) is 0 Å². The highest BCUT2D eigenvalue weighted by molar-refractivity contribution is 5.89. The van der Waals surface area contributed by atoms with Gasteiger partial charge in [-0.25, -0.2) is 9.18 Å². The monoisotopic (exact) mass is 327 g/mol. The van der Waals surface area contributed by atoms with Gasteiger partial charge in [-0.05, 0) is 55.3 Å². The van der Waals surface area contributed by atoms with E-state index in [2.05, 4.69) is 10.6 Å². The SMILES string of the molecule is N#Cc1cccc(NC(=O)NCCCCOc2ccc(F)cc2)c1. The van der Waals surface area contributed by atoms with Crippen LogP contribution in [0.25, 0.3) is 0 Å². The molecule has 2 N–H and O–H groups in total. The Morgan fingerprint density at radius 3 is 2.71 bits per heavy atom. The quantitative estimate of drug-likeness (QED) is 0.762. The largest absolute Gasteiger partial charge is 0.494 e. The standard InChI is InChI=1S/C18H18FN3O2/c19-15-6-8-17(9-7-15)24-11-2-1-10-21-18(23)22-16-5-3-4-14(12-16)13-20/h3-9,12H,1-2,10-11H2,(H2,21,22,23). The first kappa shape index (κ1) is 17.3. The predicted octanol–water partition coefficient (Wildman–Crippen LogP) is 3.68. The van der Waals surface area contributed by atoms with E-state index in [9.17, 15) is 9.18 Å². The number of unbranched alkanes of at least 4 members (excludes halogenated alkanes) is 1. The third-order valence-electron chi connectivity index (χ3n) is 3.19. The van der Waals surface area contributed by atoms with E-state index in [-0.39, 0.29) is 11.8 Å². The van der Waals surface area contributed by atoms with Gasteiger partial charge in [0.15, 0.2) is 0 Å². The van der Waals surface area contributed by atoms with Gasteiger partial charge in [-0.2, -0.15) is 5.26 Å². The molecule has 0 fully saturated rings. The Kier molecular flexibility index (Phi) is 6.59. The summed E-state index contributed by atoms with van der Waals surface area (Å²) in [5, 5.41) is 14.2. The third kappa shape index (κ3) is 5.97. The van der Waals surface area contributed by atoms with Crippen molar-refractivity contribution in [3.63, 3.8) is 0 Å². The molecule has 2 amide bonds. The van der Waals surface area contributed by atoms with Crippen molar-refractivity contribution in [2.75, 3.05) is 18.5 Å². The summed E-state index contributed by atoms with van der Waals surface area (Å²) in [6.45, 7) is 1.01. The minimum Gasteiger partial charge on any atom is -0.494 e. The zero-order valence-electron chi connectivity index (χ0n) is 13.1. The summed E-state index contributed by atoms with van der Waals surface area (Å²) < 4.78 is 18.2. The van der Waals surface area contributed by atoms with Crippen molar-refractivity contribution in [2.45, 2.75) is 12.8 Å². The van der Waals surface area contributed by atoms with Crippen molar-refractivity contribution in [2.24, 2.45) is 0 Å². The first-order chi connectivity index (χ1) is 11.7. The van der Waals surface area contributed by atoms with Gasteiger partial charge < -0.3 is 15.4 Å². The summed E-state index contributed by atoms with van der Waals surface area (Å²) >= 11 is 0. The van der Waals surface area contributed by atoms with Crippen molar-refractivity contribution in [3.05, 3.63) is 59.9 Å². The van der Waals surface area contributed by atoms with Crippen molar-refractivity contribution in [1.29, 1.82) is 5.26 Å². The number of anilines is 1. The van der Waals surface area contributed by atoms with Crippen LogP contribution in [0.5, 0.6) is 5.75 Å². The fraction of sp³-hybridized carbons (Fsp3) is 0.222. The molecule has 0 aliphatic heterocycles. The maximum absolute atomic E-state index is 12.7. The van der Waals surface area contributed by atoms with E-state index in [4.69, 9.17) is 10.00 Å². The van der Waals surface area contributed by atoms with E-state index < -0.39 is 0 Å². The van der Waals surface area contributed by atoms with Gasteiger partial charge in [-0.15, -0.1) is 0 Å². The molecule has 0 spiro atoms. The van der Waals surface area contributed by atoms with Crippen LogP contribution in [0.15, 0.2) is 48.5 Å². The molecule has 2 rings (SSSR count). The first-order valence-corrected chi connectivity index (χ1v) is 7.61. The van der Waals surface area contributed by atoms with E-state index in [1.165, 1.54) is 12.1 Å². The summed E-state index contributed by atoms with van der Waals surface area (Å²) in [7, 11) is 0. The van der Waals surface area contributed by atoms with Gasteiger partial charge in [-0.3, -0.25) is 0 Å². The van der Waals surface area contributed by atoms with Crippen LogP contribution in [-0.4, -0.2) is 19.2 Å². The van der Waals surface area contributed by atoms with E-state index in [1.807, 2.05) is 6.07 Å². The molecule has 124 valence electrons. The molecule has 0 heterocycles. The zero-order valence-corrected chi connectivity index (χ0v) is 13.1. The lowest BCUT2D eigenvalue weighted by Crippen LogP contribution is -2.29. The number of rotatable bonds is 7. The molecule has 0 unspecified atom stereocenters. The number of carbonyl (C=O) groups excluding carboxylic acids is 1. The summed E-state index contributed by atoms with van der Waals surface area (Å²) in [4.78, 5) is 11.7. The number of nitriles is 1. The average Bonchev–Trinajstić information content (AvgIpc) is 2.59. The van der Waals surface area contributed by atoms with Gasteiger partial charge >= 0.3 is 6.03 Å². The second kappa shape index (κ2) is 9.16. The van der Waals surface area contributed by atoms with E-state index in [0.717, 1.165) is 12.8 Å². The van der Waals surface area contributed by atoms with Crippen molar-refractivity contribution < 1.29 is 13.9 Å². The molecule has 0 aliphatic carbocycles. The Bertz CT molecular complexity index is 711. The van der Waals surface area contributed by atoms with Gasteiger partial charge in [0.25, 0.3) is 0 Å². The van der Waals surface area contributed by atoms with Crippen LogP contribution in [0.1, 0.15) is 18.4 Å². The average molecular weight is 327 g/mol. The molecule has 2 aromatic rings. The van der Waals surface area contributed by atoms with Crippen molar-refractivity contribution in [1.82, 2.24) is 5.32 Å². The molecule has 24 heavy (non-hydrogen) atoms. The number of urea groups is 1. The van der Waals surface area contributed by atoms with Gasteiger partial charge in [0, 0.05) is 12.2 Å². The second-order valence-electron chi connectivity index (χ2n) is 5.08. The Morgan fingerprint density at radius 1 is 1.17 bits per heavy atom. The number of hydrogen-bond donors (Lipinski definition) is 2. The number of halogens is 1. The molecule has 0 aromatic heterocycles. The van der Waals surface area contributed by atoms with Gasteiger partial charge in [0.05, 0.1) is 18.2 Å². The van der Waals surface area contributed by atoms with Crippen LogP contribution >= 0.6 is 0 Å². The number of benzene rings is 2. The highest BCUT2D eigenvalue weighted by Gasteiger charge is 2.02. The summed E-state index contributed by atoms with van der Waals surface area (Å²) in [5.74, 6) is 0.331. The Morgan fingerprint density at radius 2 is 1.96 bits per heavy atom. The number of ether oxygens (including phenoxy) is 1. The number of nitrogens with one attached hydrogen (secondary N) is 2. The molecule has 5 nitrogen and oxygen atoms in total. The number of hydrogen-bond acceptors (Lipinski definition) is 3. The normalized spacial score (nSPS) is 9.83. The second-order valence-corrected chi connectivity index (χ2v) is 5.08. The maximum atomic E-state index is 12.7. The van der Waals surface area contributed by atoms with Crippen LogP contribution in [0.2, 0.25) is 0 Å². The zero-order chi connectivity index (χ0) is 17.2. The number of nitrogens with zero attached hydrogens (tertiary/aromatic N) is 1.